The molecule has 0 bridgehead atoms. The Bertz CT molecular complexity index is 392. The van der Waals surface area contributed by atoms with Crippen molar-refractivity contribution in [3.05, 3.63) is 24.3 Å². The first kappa shape index (κ1) is 11.8. The first-order valence-corrected chi connectivity index (χ1v) is 10.2. The van der Waals surface area contributed by atoms with Crippen molar-refractivity contribution in [1.29, 1.82) is 0 Å². The van der Waals surface area contributed by atoms with Gasteiger partial charge in [-0.3, -0.25) is 0 Å². The van der Waals surface area contributed by atoms with E-state index in [9.17, 15) is 7.48 Å². The molecule has 0 heterocycles. The molecule has 0 amide bonds. The van der Waals surface area contributed by atoms with E-state index in [0.717, 1.165) is 18.2 Å². The van der Waals surface area contributed by atoms with E-state index in [2.05, 4.69) is 0 Å². The van der Waals surface area contributed by atoms with Crippen LogP contribution in [0.15, 0.2) is 24.3 Å². The van der Waals surface area contributed by atoms with E-state index in [1.165, 1.54) is 6.07 Å². The third kappa shape index (κ3) is 2.88. The van der Waals surface area contributed by atoms with Crippen LogP contribution in [0.1, 0.15) is 0 Å². The van der Waals surface area contributed by atoms with Gasteiger partial charge in [0.2, 0.25) is 0 Å². The third-order valence-corrected chi connectivity index (χ3v) is 5.49. The number of benzene rings is 1. The Labute approximate surface area is 85.2 Å². The second-order valence-electron chi connectivity index (χ2n) is 2.61. The molecular formula is C6H8As2O6. The van der Waals surface area contributed by atoms with Crippen LogP contribution >= 0.6 is 0 Å². The molecule has 8 heteroatoms. The van der Waals surface area contributed by atoms with Crippen LogP contribution in [0, 0.1) is 0 Å². The van der Waals surface area contributed by atoms with Crippen molar-refractivity contribution in [1.82, 2.24) is 0 Å². The summed E-state index contributed by atoms with van der Waals surface area (Å²) in [5.41, 5.74) is 0. The monoisotopic (exact) mass is 326 g/mol. The fourth-order valence-electron chi connectivity index (χ4n) is 0.855. The fourth-order valence-corrected chi connectivity index (χ4v) is 3.80. The van der Waals surface area contributed by atoms with Crippen molar-refractivity contribution < 1.29 is 23.9 Å². The standard InChI is InChI=1S/C6H8As2O6/c9-7(10,11)5-2-1-3-6(4-5)8(12,13)14/h1-4H,(H2,9,10,11)(H2,12,13,14). The van der Waals surface area contributed by atoms with Crippen LogP contribution in [-0.2, 0) is 7.48 Å². The normalized spacial score (nSPS) is 12.9. The number of rotatable bonds is 2. The summed E-state index contributed by atoms with van der Waals surface area (Å²) in [6.45, 7) is 0. The summed E-state index contributed by atoms with van der Waals surface area (Å²) in [7, 11) is 0. The molecule has 1 rings (SSSR count). The molecule has 0 spiro atoms. The Morgan fingerprint density at radius 2 is 1.21 bits per heavy atom. The van der Waals surface area contributed by atoms with Crippen LogP contribution in [-0.4, -0.2) is 44.7 Å². The molecule has 0 fully saturated rings. The van der Waals surface area contributed by atoms with Crippen LogP contribution in [0.3, 0.4) is 0 Å². The van der Waals surface area contributed by atoms with Crippen LogP contribution in [0.25, 0.3) is 0 Å². The summed E-state index contributed by atoms with van der Waals surface area (Å²) in [6, 6.07) is 4.37. The van der Waals surface area contributed by atoms with Crippen LogP contribution in [0.4, 0.5) is 0 Å². The SMILES string of the molecule is O=[As](O)(O)c1cccc([As](=O)(O)O)c1. The van der Waals surface area contributed by atoms with Crippen molar-refractivity contribution in [3.8, 4) is 0 Å². The molecule has 14 heavy (non-hydrogen) atoms. The second kappa shape index (κ2) is 3.74. The first-order chi connectivity index (χ1) is 6.21. The van der Waals surface area contributed by atoms with Gasteiger partial charge in [-0.15, -0.1) is 0 Å². The summed E-state index contributed by atoms with van der Waals surface area (Å²) in [5, 5.41) is 0. The Morgan fingerprint density at radius 3 is 1.50 bits per heavy atom. The maximum atomic E-state index is 10.8. The first-order valence-electron chi connectivity index (χ1n) is 3.43. The molecule has 78 valence electrons. The molecule has 0 aliphatic rings. The van der Waals surface area contributed by atoms with E-state index >= 15 is 0 Å². The van der Waals surface area contributed by atoms with Gasteiger partial charge in [0.25, 0.3) is 0 Å². The average Bonchev–Trinajstić information content (AvgIpc) is 2.01. The third-order valence-electron chi connectivity index (χ3n) is 1.50. The zero-order chi connectivity index (χ0) is 11.0. The van der Waals surface area contributed by atoms with Gasteiger partial charge in [-0.25, -0.2) is 0 Å². The van der Waals surface area contributed by atoms with Crippen molar-refractivity contribution in [2.75, 3.05) is 0 Å². The Kier molecular flexibility index (Phi) is 3.16. The van der Waals surface area contributed by atoms with E-state index in [1.54, 1.807) is 0 Å². The van der Waals surface area contributed by atoms with Gasteiger partial charge in [0.15, 0.2) is 0 Å². The molecule has 1 aromatic carbocycles. The van der Waals surface area contributed by atoms with Crippen LogP contribution in [0.5, 0.6) is 0 Å². The molecule has 0 saturated heterocycles. The van der Waals surface area contributed by atoms with Gasteiger partial charge in [-0.2, -0.15) is 0 Å². The zero-order valence-corrected chi connectivity index (χ0v) is 10.6. The minimum absolute atomic E-state index is 0.328. The van der Waals surface area contributed by atoms with Gasteiger partial charge in [0.1, 0.15) is 0 Å². The number of hydrogen-bond donors (Lipinski definition) is 4. The predicted octanol–water partition coefficient (Wildman–Crippen LogP) is -3.19. The molecule has 0 radical (unpaired) electrons. The summed E-state index contributed by atoms with van der Waals surface area (Å²) in [5.74, 6) is 0. The summed E-state index contributed by atoms with van der Waals surface area (Å²) in [6.07, 6.45) is 0. The Hall–Kier alpha value is -0.223. The zero-order valence-electron chi connectivity index (χ0n) is 6.81. The van der Waals surface area contributed by atoms with E-state index in [1.807, 2.05) is 0 Å². The Balaban J connectivity index is 3.29. The van der Waals surface area contributed by atoms with Crippen molar-refractivity contribution in [2.45, 2.75) is 0 Å². The topological polar surface area (TPSA) is 115 Å². The van der Waals surface area contributed by atoms with Crippen molar-refractivity contribution >= 4 is 37.0 Å². The second-order valence-corrected chi connectivity index (χ2v) is 9.34. The molecule has 0 aliphatic heterocycles. The summed E-state index contributed by atoms with van der Waals surface area (Å²) in [4.78, 5) is 0. The van der Waals surface area contributed by atoms with Crippen LogP contribution in [0.2, 0.25) is 0 Å². The van der Waals surface area contributed by atoms with Gasteiger partial charge in [0, 0.05) is 0 Å². The summed E-state index contributed by atoms with van der Waals surface area (Å²) < 4.78 is 56.2. The van der Waals surface area contributed by atoms with Gasteiger partial charge in [0.05, 0.1) is 0 Å². The van der Waals surface area contributed by atoms with Gasteiger partial charge < -0.3 is 0 Å². The van der Waals surface area contributed by atoms with E-state index in [-0.39, 0.29) is 8.70 Å². The van der Waals surface area contributed by atoms with E-state index < -0.39 is 28.3 Å². The van der Waals surface area contributed by atoms with Gasteiger partial charge >= 0.3 is 85.2 Å². The van der Waals surface area contributed by atoms with Gasteiger partial charge in [-0.1, -0.05) is 0 Å². The number of hydrogen-bond acceptors (Lipinski definition) is 2. The maximum absolute atomic E-state index is 10.8. The molecule has 0 unspecified atom stereocenters. The molecule has 0 aromatic heterocycles. The quantitative estimate of drug-likeness (QED) is 0.426. The molecule has 6 nitrogen and oxygen atoms in total. The van der Waals surface area contributed by atoms with E-state index in [0.29, 0.717) is 0 Å². The minimum atomic E-state index is -5.06. The van der Waals surface area contributed by atoms with E-state index in [4.69, 9.17) is 16.4 Å². The average molecular weight is 326 g/mol. The molecule has 0 saturated carbocycles. The Morgan fingerprint density at radius 1 is 0.857 bits per heavy atom. The summed E-state index contributed by atoms with van der Waals surface area (Å²) >= 11 is -10.1. The molecule has 0 aliphatic carbocycles. The van der Waals surface area contributed by atoms with Crippen molar-refractivity contribution in [3.63, 3.8) is 0 Å². The van der Waals surface area contributed by atoms with Crippen LogP contribution < -0.4 is 8.70 Å². The van der Waals surface area contributed by atoms with Gasteiger partial charge in [-0.05, 0) is 0 Å². The molecule has 0 atom stereocenters. The predicted molar refractivity (Wildman–Crippen MR) is 47.5 cm³/mol. The molecule has 1 aromatic rings. The molecular weight excluding hydrogens is 318 g/mol. The molecule has 4 N–H and O–H groups in total. The fraction of sp³-hybridized carbons (Fsp3) is 0. The van der Waals surface area contributed by atoms with Crippen molar-refractivity contribution in [2.24, 2.45) is 0 Å².